The van der Waals surface area contributed by atoms with Crippen LogP contribution >= 0.6 is 0 Å². The highest BCUT2D eigenvalue weighted by molar-refractivity contribution is 5.66. The molecule has 4 aromatic heterocycles. The second-order valence-electron chi connectivity index (χ2n) is 9.50. The number of imidazole rings is 2. The first-order valence-electron chi connectivity index (χ1n) is 13.2. The number of nitrogens with zero attached hydrogens (tertiary/aromatic N) is 7. The van der Waals surface area contributed by atoms with Crippen molar-refractivity contribution in [2.24, 2.45) is 0 Å². The summed E-state index contributed by atoms with van der Waals surface area (Å²) in [5.41, 5.74) is 3.56. The number of methoxy groups -OCH3 is 2. The van der Waals surface area contributed by atoms with Crippen molar-refractivity contribution < 1.29 is 14.6 Å². The maximum absolute atomic E-state index is 9.27. The standard InChI is InChI=1S/C17H18N4O2.C13H12N4O/c1-22-13-8-12(9-14(10-13)23-2)15-11-21-7-4-16(19-17(21)18-15)20-5-3-6-20;1-14-12-6-7-17-8-11(15-13(17)16-12)9-2-4-10(18)5-3-9/h4,7-11H,3,5-6H2,1-2H3;2-8,18H,1H3,(H,14,15,16). The molecule has 6 aromatic rings. The maximum atomic E-state index is 9.27. The number of anilines is 2. The van der Waals surface area contributed by atoms with Crippen LogP contribution in [0.15, 0.2) is 79.4 Å². The van der Waals surface area contributed by atoms with E-state index in [9.17, 15) is 5.11 Å². The molecule has 7 rings (SSSR count). The second-order valence-corrected chi connectivity index (χ2v) is 9.50. The second kappa shape index (κ2) is 11.0. The first kappa shape index (κ1) is 25.9. The zero-order valence-corrected chi connectivity index (χ0v) is 23.0. The number of phenolic OH excluding ortho intramolecular Hbond substituents is 1. The predicted octanol–water partition coefficient (Wildman–Crippen LogP) is 4.77. The van der Waals surface area contributed by atoms with E-state index in [1.165, 1.54) is 6.42 Å². The molecule has 0 atom stereocenters. The molecule has 11 nitrogen and oxygen atoms in total. The molecule has 0 radical (unpaired) electrons. The minimum absolute atomic E-state index is 0.248. The maximum Gasteiger partial charge on any atom is 0.236 e. The molecular formula is C30H30N8O3. The van der Waals surface area contributed by atoms with E-state index < -0.39 is 0 Å². The summed E-state index contributed by atoms with van der Waals surface area (Å²) in [4.78, 5) is 20.3. The van der Waals surface area contributed by atoms with E-state index in [2.05, 4.69) is 30.2 Å². The summed E-state index contributed by atoms with van der Waals surface area (Å²) in [7, 11) is 5.11. The average molecular weight is 551 g/mol. The molecule has 11 heteroatoms. The fourth-order valence-corrected chi connectivity index (χ4v) is 4.46. The molecular weight excluding hydrogens is 520 g/mol. The van der Waals surface area contributed by atoms with Crippen LogP contribution in [0.4, 0.5) is 11.6 Å². The van der Waals surface area contributed by atoms with Gasteiger partial charge in [-0.25, -0.2) is 9.97 Å². The van der Waals surface area contributed by atoms with Crippen molar-refractivity contribution in [3.63, 3.8) is 0 Å². The lowest BCUT2D eigenvalue weighted by molar-refractivity contribution is 0.394. The molecule has 1 aliphatic rings. The number of rotatable bonds is 6. The fourth-order valence-electron chi connectivity index (χ4n) is 4.46. The molecule has 5 heterocycles. The topological polar surface area (TPSA) is 114 Å². The summed E-state index contributed by atoms with van der Waals surface area (Å²) in [6.45, 7) is 2.15. The first-order chi connectivity index (χ1) is 20.0. The minimum Gasteiger partial charge on any atom is -0.508 e. The minimum atomic E-state index is 0.248. The van der Waals surface area contributed by atoms with Crippen LogP contribution < -0.4 is 19.7 Å². The van der Waals surface area contributed by atoms with Gasteiger partial charge in [0.15, 0.2) is 0 Å². The average Bonchev–Trinajstić information content (AvgIpc) is 3.60. The molecule has 0 unspecified atom stereocenters. The number of nitrogens with one attached hydrogen (secondary N) is 1. The molecule has 2 aromatic carbocycles. The normalized spacial score (nSPS) is 12.5. The van der Waals surface area contributed by atoms with Crippen molar-refractivity contribution >= 4 is 23.2 Å². The Morgan fingerprint density at radius 1 is 0.732 bits per heavy atom. The van der Waals surface area contributed by atoms with E-state index in [4.69, 9.17) is 9.47 Å². The van der Waals surface area contributed by atoms with Gasteiger partial charge in [0.25, 0.3) is 0 Å². The van der Waals surface area contributed by atoms with E-state index in [1.807, 2.05) is 83.1 Å². The van der Waals surface area contributed by atoms with E-state index in [0.29, 0.717) is 11.6 Å². The fraction of sp³-hybridized carbons (Fsp3) is 0.200. The molecule has 2 N–H and O–H groups in total. The van der Waals surface area contributed by atoms with Gasteiger partial charge in [0, 0.05) is 62.1 Å². The third-order valence-corrected chi connectivity index (χ3v) is 6.88. The third-order valence-electron chi connectivity index (χ3n) is 6.88. The Labute approximate surface area is 236 Å². The lowest BCUT2D eigenvalue weighted by Crippen LogP contribution is -2.37. The molecule has 1 fully saturated rings. The Morgan fingerprint density at radius 3 is 1.93 bits per heavy atom. The van der Waals surface area contributed by atoms with Gasteiger partial charge in [0.05, 0.1) is 25.6 Å². The van der Waals surface area contributed by atoms with Crippen LogP contribution in [0, 0.1) is 0 Å². The Kier molecular flexibility index (Phi) is 6.99. The van der Waals surface area contributed by atoms with Crippen molar-refractivity contribution in [1.82, 2.24) is 28.7 Å². The number of aromatic nitrogens is 6. The molecule has 1 saturated heterocycles. The molecule has 0 bridgehead atoms. The van der Waals surface area contributed by atoms with Gasteiger partial charge in [0.2, 0.25) is 11.6 Å². The number of ether oxygens (including phenoxy) is 2. The highest BCUT2D eigenvalue weighted by Gasteiger charge is 2.17. The summed E-state index contributed by atoms with van der Waals surface area (Å²) in [5.74, 6) is 4.85. The smallest absolute Gasteiger partial charge is 0.236 e. The highest BCUT2D eigenvalue weighted by Crippen LogP contribution is 2.30. The molecule has 1 aliphatic heterocycles. The van der Waals surface area contributed by atoms with Crippen molar-refractivity contribution in [2.75, 3.05) is 44.6 Å². The third kappa shape index (κ3) is 5.42. The number of hydrogen-bond acceptors (Lipinski definition) is 9. The highest BCUT2D eigenvalue weighted by atomic mass is 16.5. The summed E-state index contributed by atoms with van der Waals surface area (Å²) < 4.78 is 14.5. The van der Waals surface area contributed by atoms with Gasteiger partial charge in [0.1, 0.15) is 28.9 Å². The summed E-state index contributed by atoms with van der Waals surface area (Å²) in [6, 6.07) is 16.6. The number of aromatic hydroxyl groups is 1. The SMILES string of the molecule is CNc1ccn2cc(-c3ccc(O)cc3)nc2n1.COc1cc(OC)cc(-c2cn3ccc(N4CCC4)nc3n2)c1. The lowest BCUT2D eigenvalue weighted by atomic mass is 10.1. The number of hydrogen-bond donors (Lipinski definition) is 2. The monoisotopic (exact) mass is 550 g/mol. The van der Waals surface area contributed by atoms with E-state index >= 15 is 0 Å². The van der Waals surface area contributed by atoms with Crippen molar-refractivity contribution in [3.8, 4) is 39.8 Å². The summed E-state index contributed by atoms with van der Waals surface area (Å²) >= 11 is 0. The Morgan fingerprint density at radius 2 is 1.34 bits per heavy atom. The summed E-state index contributed by atoms with van der Waals surface area (Å²) in [6.07, 6.45) is 9.02. The van der Waals surface area contributed by atoms with Gasteiger partial charge >= 0.3 is 0 Å². The predicted molar refractivity (Wildman–Crippen MR) is 158 cm³/mol. The van der Waals surface area contributed by atoms with Crippen LogP contribution in [-0.4, -0.2) is 68.2 Å². The van der Waals surface area contributed by atoms with Gasteiger partial charge < -0.3 is 24.8 Å². The van der Waals surface area contributed by atoms with Crippen LogP contribution in [0.2, 0.25) is 0 Å². The van der Waals surface area contributed by atoms with Crippen LogP contribution in [0.25, 0.3) is 34.1 Å². The zero-order valence-electron chi connectivity index (χ0n) is 23.0. The van der Waals surface area contributed by atoms with Crippen LogP contribution in [0.5, 0.6) is 17.2 Å². The molecule has 41 heavy (non-hydrogen) atoms. The van der Waals surface area contributed by atoms with Crippen LogP contribution in [0.1, 0.15) is 6.42 Å². The Bertz CT molecular complexity index is 1790. The Hall–Kier alpha value is -5.32. The van der Waals surface area contributed by atoms with Gasteiger partial charge in [-0.2, -0.15) is 9.97 Å². The molecule has 0 aliphatic carbocycles. The van der Waals surface area contributed by atoms with E-state index in [-0.39, 0.29) is 5.75 Å². The van der Waals surface area contributed by atoms with Gasteiger partial charge in [-0.1, -0.05) is 0 Å². The molecule has 0 spiro atoms. The van der Waals surface area contributed by atoms with Gasteiger partial charge in [-0.05, 0) is 55.0 Å². The number of fused-ring (bicyclic) bond motifs is 2. The van der Waals surface area contributed by atoms with Crippen molar-refractivity contribution in [2.45, 2.75) is 6.42 Å². The summed E-state index contributed by atoms with van der Waals surface area (Å²) in [5, 5.41) is 12.2. The van der Waals surface area contributed by atoms with Crippen LogP contribution in [-0.2, 0) is 0 Å². The van der Waals surface area contributed by atoms with Gasteiger partial charge in [-0.15, -0.1) is 0 Å². The van der Waals surface area contributed by atoms with E-state index in [0.717, 1.165) is 58.7 Å². The Balaban J connectivity index is 0.000000152. The number of phenols is 1. The van der Waals surface area contributed by atoms with E-state index in [1.54, 1.807) is 26.4 Å². The van der Waals surface area contributed by atoms with Gasteiger partial charge in [-0.3, -0.25) is 8.80 Å². The van der Waals surface area contributed by atoms with Crippen LogP contribution in [0.3, 0.4) is 0 Å². The van der Waals surface area contributed by atoms with Crippen molar-refractivity contribution in [1.29, 1.82) is 0 Å². The zero-order chi connectivity index (χ0) is 28.3. The first-order valence-corrected chi connectivity index (χ1v) is 13.2. The quantitative estimate of drug-likeness (QED) is 0.303. The molecule has 0 saturated carbocycles. The largest absolute Gasteiger partial charge is 0.508 e. The number of benzene rings is 2. The lowest BCUT2D eigenvalue weighted by Gasteiger charge is -2.31. The molecule has 0 amide bonds. The van der Waals surface area contributed by atoms with Crippen molar-refractivity contribution in [3.05, 3.63) is 79.4 Å². The molecule has 208 valence electrons.